The number of aromatic nitrogens is 1. The summed E-state index contributed by atoms with van der Waals surface area (Å²) in [5.41, 5.74) is 2.88. The van der Waals surface area contributed by atoms with Crippen molar-refractivity contribution < 1.29 is 4.79 Å². The molecule has 1 aliphatic rings. The van der Waals surface area contributed by atoms with Crippen molar-refractivity contribution in [1.29, 1.82) is 0 Å². The molecule has 2 heterocycles. The van der Waals surface area contributed by atoms with Gasteiger partial charge >= 0.3 is 0 Å². The smallest absolute Gasteiger partial charge is 0.154 e. The number of nitrogens with one attached hydrogen (secondary N) is 1. The Labute approximate surface area is 148 Å². The zero-order chi connectivity index (χ0) is 17.2. The van der Waals surface area contributed by atoms with E-state index in [0.29, 0.717) is 6.04 Å². The van der Waals surface area contributed by atoms with Crippen molar-refractivity contribution >= 4 is 23.0 Å². The zero-order valence-electron chi connectivity index (χ0n) is 14.5. The molecule has 0 spiro atoms. The van der Waals surface area contributed by atoms with Gasteiger partial charge in [-0.15, -0.1) is 0 Å². The predicted molar refractivity (Wildman–Crippen MR) is 103 cm³/mol. The third-order valence-corrected chi connectivity index (χ3v) is 5.11. The van der Waals surface area contributed by atoms with Crippen LogP contribution in [0.25, 0.3) is 16.6 Å². The van der Waals surface area contributed by atoms with Crippen molar-refractivity contribution in [3.05, 3.63) is 60.2 Å². The van der Waals surface area contributed by atoms with E-state index in [4.69, 9.17) is 0 Å². The van der Waals surface area contributed by atoms with Crippen LogP contribution in [0.15, 0.2) is 54.6 Å². The lowest BCUT2D eigenvalue weighted by Gasteiger charge is -2.30. The minimum Gasteiger partial charge on any atom is -0.368 e. The lowest BCUT2D eigenvalue weighted by atomic mass is 10.1. The van der Waals surface area contributed by atoms with E-state index in [1.807, 2.05) is 36.4 Å². The Morgan fingerprint density at radius 3 is 2.40 bits per heavy atom. The van der Waals surface area contributed by atoms with Crippen LogP contribution in [0.1, 0.15) is 23.2 Å². The van der Waals surface area contributed by atoms with Crippen molar-refractivity contribution in [2.24, 2.45) is 0 Å². The number of para-hydroxylation sites is 2. The third kappa shape index (κ3) is 2.94. The van der Waals surface area contributed by atoms with E-state index in [1.165, 1.54) is 0 Å². The minimum atomic E-state index is 0.390. The molecule has 4 nitrogen and oxygen atoms in total. The van der Waals surface area contributed by atoms with Crippen LogP contribution in [0.5, 0.6) is 0 Å². The summed E-state index contributed by atoms with van der Waals surface area (Å²) in [7, 11) is 2.16. The Balaban J connectivity index is 1.85. The van der Waals surface area contributed by atoms with Gasteiger partial charge in [-0.1, -0.05) is 36.4 Å². The van der Waals surface area contributed by atoms with Gasteiger partial charge in [-0.05, 0) is 51.2 Å². The number of carbonyl (C=O) groups is 1. The summed E-state index contributed by atoms with van der Waals surface area (Å²) in [6, 6.07) is 18.8. The molecule has 2 aromatic carbocycles. The molecule has 0 aliphatic carbocycles. The number of fused-ring (bicyclic) bond motifs is 1. The highest BCUT2D eigenvalue weighted by Gasteiger charge is 2.22. The monoisotopic (exact) mass is 333 g/mol. The second-order valence-electron chi connectivity index (χ2n) is 6.79. The summed E-state index contributed by atoms with van der Waals surface area (Å²) in [6.45, 7) is 2.17. The molecule has 0 saturated carbocycles. The number of rotatable bonds is 4. The highest BCUT2D eigenvalue weighted by Crippen LogP contribution is 2.33. The Kier molecular flexibility index (Phi) is 4.28. The first-order valence-corrected chi connectivity index (χ1v) is 8.87. The van der Waals surface area contributed by atoms with Gasteiger partial charge in [0.05, 0.1) is 11.1 Å². The fourth-order valence-corrected chi connectivity index (χ4v) is 3.72. The largest absolute Gasteiger partial charge is 0.368 e. The number of carbonyl (C=O) groups excluding carboxylic acids is 1. The summed E-state index contributed by atoms with van der Waals surface area (Å²) >= 11 is 0. The van der Waals surface area contributed by atoms with Crippen molar-refractivity contribution in [1.82, 2.24) is 9.47 Å². The molecule has 0 unspecified atom stereocenters. The second kappa shape index (κ2) is 6.73. The number of piperidine rings is 1. The number of hydrogen-bond donors (Lipinski definition) is 1. The van der Waals surface area contributed by atoms with Crippen molar-refractivity contribution in [3.63, 3.8) is 0 Å². The van der Waals surface area contributed by atoms with Crippen LogP contribution in [0.2, 0.25) is 0 Å². The van der Waals surface area contributed by atoms with E-state index in [2.05, 4.69) is 40.0 Å². The van der Waals surface area contributed by atoms with Crippen molar-refractivity contribution in [2.45, 2.75) is 18.9 Å². The first-order chi connectivity index (χ1) is 12.3. The van der Waals surface area contributed by atoms with E-state index in [9.17, 15) is 4.79 Å². The van der Waals surface area contributed by atoms with Crippen LogP contribution in [0, 0.1) is 0 Å². The fourth-order valence-electron chi connectivity index (χ4n) is 3.72. The van der Waals surface area contributed by atoms with Gasteiger partial charge in [0.2, 0.25) is 0 Å². The maximum atomic E-state index is 11.9. The van der Waals surface area contributed by atoms with Gasteiger partial charge in [0.25, 0.3) is 0 Å². The zero-order valence-corrected chi connectivity index (χ0v) is 14.5. The van der Waals surface area contributed by atoms with Gasteiger partial charge in [0, 0.05) is 17.1 Å². The number of anilines is 1. The Hall–Kier alpha value is -2.59. The van der Waals surface area contributed by atoms with Gasteiger partial charge in [0.15, 0.2) is 6.29 Å². The molecule has 0 radical (unpaired) electrons. The lowest BCUT2D eigenvalue weighted by Crippen LogP contribution is -2.37. The van der Waals surface area contributed by atoms with Gasteiger partial charge in [0.1, 0.15) is 5.82 Å². The van der Waals surface area contributed by atoms with Crippen LogP contribution in [-0.2, 0) is 0 Å². The quantitative estimate of drug-likeness (QED) is 0.735. The standard InChI is InChI=1S/C21H23N3O/c1-23-13-11-16(12-14-23)22-21-19(15-25)18-9-5-6-10-20(18)24(21)17-7-3-2-4-8-17/h2-10,15-16,22H,11-14H2,1H3. The van der Waals surface area contributed by atoms with Crippen LogP contribution in [-0.4, -0.2) is 41.9 Å². The van der Waals surface area contributed by atoms with Crippen molar-refractivity contribution in [2.75, 3.05) is 25.5 Å². The molecule has 1 aliphatic heterocycles. The van der Waals surface area contributed by atoms with E-state index in [-0.39, 0.29) is 0 Å². The Morgan fingerprint density at radius 2 is 1.68 bits per heavy atom. The molecule has 0 bridgehead atoms. The molecule has 0 atom stereocenters. The minimum absolute atomic E-state index is 0.390. The maximum Gasteiger partial charge on any atom is 0.154 e. The van der Waals surface area contributed by atoms with Gasteiger partial charge in [-0.2, -0.15) is 0 Å². The Morgan fingerprint density at radius 1 is 1.00 bits per heavy atom. The van der Waals surface area contributed by atoms with Gasteiger partial charge in [-0.25, -0.2) is 0 Å². The Bertz CT molecular complexity index is 877. The molecule has 4 rings (SSSR count). The van der Waals surface area contributed by atoms with E-state index < -0.39 is 0 Å². The van der Waals surface area contributed by atoms with Crippen LogP contribution >= 0.6 is 0 Å². The number of hydrogen-bond acceptors (Lipinski definition) is 3. The topological polar surface area (TPSA) is 37.3 Å². The summed E-state index contributed by atoms with van der Waals surface area (Å²) < 4.78 is 2.18. The highest BCUT2D eigenvalue weighted by atomic mass is 16.1. The number of likely N-dealkylation sites (tertiary alicyclic amines) is 1. The summed E-state index contributed by atoms with van der Waals surface area (Å²) in [6.07, 6.45) is 3.16. The van der Waals surface area contributed by atoms with E-state index in [1.54, 1.807) is 0 Å². The molecule has 1 saturated heterocycles. The normalized spacial score (nSPS) is 16.2. The number of nitrogens with zero attached hydrogens (tertiary/aromatic N) is 2. The molecular weight excluding hydrogens is 310 g/mol. The summed E-state index contributed by atoms with van der Waals surface area (Å²) in [5, 5.41) is 4.68. The predicted octanol–water partition coefficient (Wildman–Crippen LogP) is 3.95. The van der Waals surface area contributed by atoms with Crippen LogP contribution < -0.4 is 5.32 Å². The van der Waals surface area contributed by atoms with Gasteiger partial charge < -0.3 is 10.2 Å². The van der Waals surface area contributed by atoms with E-state index >= 15 is 0 Å². The number of benzene rings is 2. The molecule has 1 N–H and O–H groups in total. The molecule has 1 fully saturated rings. The summed E-state index contributed by atoms with van der Waals surface area (Å²) in [4.78, 5) is 14.3. The molecule has 1 aromatic heterocycles. The van der Waals surface area contributed by atoms with Gasteiger partial charge in [-0.3, -0.25) is 9.36 Å². The molecular formula is C21H23N3O. The molecule has 128 valence electrons. The fraction of sp³-hybridized carbons (Fsp3) is 0.286. The first kappa shape index (κ1) is 15.9. The van der Waals surface area contributed by atoms with E-state index in [0.717, 1.165) is 60.2 Å². The lowest BCUT2D eigenvalue weighted by molar-refractivity contribution is 0.112. The maximum absolute atomic E-state index is 11.9. The number of aldehydes is 1. The molecule has 25 heavy (non-hydrogen) atoms. The second-order valence-corrected chi connectivity index (χ2v) is 6.79. The first-order valence-electron chi connectivity index (χ1n) is 8.87. The average Bonchev–Trinajstić information content (AvgIpc) is 2.97. The molecule has 3 aromatic rings. The van der Waals surface area contributed by atoms with Crippen molar-refractivity contribution in [3.8, 4) is 5.69 Å². The highest BCUT2D eigenvalue weighted by molar-refractivity contribution is 6.04. The average molecular weight is 333 g/mol. The van der Waals surface area contributed by atoms with Crippen LogP contribution in [0.3, 0.4) is 0 Å². The summed E-state index contributed by atoms with van der Waals surface area (Å²) in [5.74, 6) is 0.914. The van der Waals surface area contributed by atoms with Crippen LogP contribution in [0.4, 0.5) is 5.82 Å². The third-order valence-electron chi connectivity index (χ3n) is 5.11. The molecule has 4 heteroatoms. The SMILES string of the molecule is CN1CCC(Nc2c(C=O)c3ccccc3n2-c2ccccc2)CC1. The molecule has 0 amide bonds.